The number of aromatic nitrogens is 1. The van der Waals surface area contributed by atoms with Crippen molar-refractivity contribution < 1.29 is 9.59 Å². The van der Waals surface area contributed by atoms with Gasteiger partial charge in [0, 0.05) is 32.3 Å². The molecule has 0 radical (unpaired) electrons. The molecule has 5 nitrogen and oxygen atoms in total. The van der Waals surface area contributed by atoms with Gasteiger partial charge < -0.3 is 9.80 Å². The van der Waals surface area contributed by atoms with Crippen LogP contribution in [0.1, 0.15) is 34.7 Å². The van der Waals surface area contributed by atoms with Crippen LogP contribution in [0.5, 0.6) is 0 Å². The zero-order valence-corrected chi connectivity index (χ0v) is 14.0. The normalized spacial score (nSPS) is 17.7. The summed E-state index contributed by atoms with van der Waals surface area (Å²) in [6.07, 6.45) is 0. The summed E-state index contributed by atoms with van der Waals surface area (Å²) >= 11 is 0. The lowest BCUT2D eigenvalue weighted by molar-refractivity contribution is -0.131. The average molecular weight is 323 g/mol. The first-order valence-corrected chi connectivity index (χ1v) is 8.11. The van der Waals surface area contributed by atoms with Crippen LogP contribution >= 0.6 is 0 Å². The third-order valence-electron chi connectivity index (χ3n) is 4.38. The molecule has 0 N–H and O–H groups in total. The number of hydrogen-bond donors (Lipinski definition) is 0. The molecule has 1 aromatic heterocycles. The van der Waals surface area contributed by atoms with Crippen LogP contribution in [0.4, 0.5) is 0 Å². The summed E-state index contributed by atoms with van der Waals surface area (Å²) in [6.45, 7) is 5.02. The van der Waals surface area contributed by atoms with Crippen LogP contribution in [0.15, 0.2) is 48.5 Å². The molecule has 1 saturated heterocycles. The van der Waals surface area contributed by atoms with Gasteiger partial charge in [-0.05, 0) is 24.6 Å². The number of nitrogens with zero attached hydrogens (tertiary/aromatic N) is 3. The molecule has 0 aliphatic carbocycles. The molecule has 0 spiro atoms. The number of carbonyl (C=O) groups is 2. The molecule has 1 aliphatic rings. The SMILES string of the molecule is CC(=O)N1CCN(C(=O)c2cccc(C)n2)[C@H](c2ccccc2)C1. The maximum atomic E-state index is 13.0. The van der Waals surface area contributed by atoms with Gasteiger partial charge in [-0.15, -0.1) is 0 Å². The first kappa shape index (κ1) is 16.2. The average Bonchev–Trinajstić information content (AvgIpc) is 2.61. The Bertz CT molecular complexity index is 745. The van der Waals surface area contributed by atoms with E-state index in [-0.39, 0.29) is 17.9 Å². The summed E-state index contributed by atoms with van der Waals surface area (Å²) in [4.78, 5) is 32.7. The highest BCUT2D eigenvalue weighted by atomic mass is 16.2. The molecule has 5 heteroatoms. The lowest BCUT2D eigenvalue weighted by Crippen LogP contribution is -2.52. The number of pyridine rings is 1. The van der Waals surface area contributed by atoms with E-state index in [0.29, 0.717) is 25.3 Å². The number of aryl methyl sites for hydroxylation is 1. The second-order valence-corrected chi connectivity index (χ2v) is 6.05. The molecule has 0 unspecified atom stereocenters. The van der Waals surface area contributed by atoms with Crippen molar-refractivity contribution in [2.75, 3.05) is 19.6 Å². The van der Waals surface area contributed by atoms with E-state index < -0.39 is 0 Å². The number of amides is 2. The predicted molar refractivity (Wildman–Crippen MR) is 91.4 cm³/mol. The van der Waals surface area contributed by atoms with Crippen molar-refractivity contribution in [1.29, 1.82) is 0 Å². The summed E-state index contributed by atoms with van der Waals surface area (Å²) in [5, 5.41) is 0. The lowest BCUT2D eigenvalue weighted by atomic mass is 10.0. The molecule has 124 valence electrons. The third-order valence-corrected chi connectivity index (χ3v) is 4.38. The minimum atomic E-state index is -0.154. The summed E-state index contributed by atoms with van der Waals surface area (Å²) < 4.78 is 0. The first-order chi connectivity index (χ1) is 11.6. The van der Waals surface area contributed by atoms with Gasteiger partial charge >= 0.3 is 0 Å². The van der Waals surface area contributed by atoms with Gasteiger partial charge in [0.05, 0.1) is 6.04 Å². The highest BCUT2D eigenvalue weighted by Crippen LogP contribution is 2.27. The van der Waals surface area contributed by atoms with E-state index >= 15 is 0 Å². The minimum absolute atomic E-state index is 0.0386. The zero-order chi connectivity index (χ0) is 17.1. The van der Waals surface area contributed by atoms with Crippen molar-refractivity contribution in [2.24, 2.45) is 0 Å². The van der Waals surface area contributed by atoms with Crippen molar-refractivity contribution in [3.8, 4) is 0 Å². The Morgan fingerprint density at radius 1 is 1.04 bits per heavy atom. The second kappa shape index (κ2) is 6.83. The molecule has 1 aliphatic heterocycles. The van der Waals surface area contributed by atoms with Gasteiger partial charge in [0.15, 0.2) is 0 Å². The van der Waals surface area contributed by atoms with Gasteiger partial charge in [0.2, 0.25) is 5.91 Å². The minimum Gasteiger partial charge on any atom is -0.339 e. The lowest BCUT2D eigenvalue weighted by Gasteiger charge is -2.41. The predicted octanol–water partition coefficient (Wildman–Crippen LogP) is 2.44. The van der Waals surface area contributed by atoms with E-state index in [0.717, 1.165) is 11.3 Å². The smallest absolute Gasteiger partial charge is 0.273 e. The number of benzene rings is 1. The van der Waals surface area contributed by atoms with Gasteiger partial charge in [-0.3, -0.25) is 9.59 Å². The van der Waals surface area contributed by atoms with Crippen LogP contribution < -0.4 is 0 Å². The Hall–Kier alpha value is -2.69. The number of carbonyl (C=O) groups excluding carboxylic acids is 2. The van der Waals surface area contributed by atoms with Crippen molar-refractivity contribution in [2.45, 2.75) is 19.9 Å². The quantitative estimate of drug-likeness (QED) is 0.853. The molecule has 1 atom stereocenters. The van der Waals surface area contributed by atoms with E-state index in [9.17, 15) is 9.59 Å². The fourth-order valence-electron chi connectivity index (χ4n) is 3.08. The van der Waals surface area contributed by atoms with E-state index in [1.54, 1.807) is 17.9 Å². The molecular formula is C19H21N3O2. The molecule has 24 heavy (non-hydrogen) atoms. The van der Waals surface area contributed by atoms with Crippen LogP contribution in [-0.2, 0) is 4.79 Å². The second-order valence-electron chi connectivity index (χ2n) is 6.05. The summed E-state index contributed by atoms with van der Waals surface area (Å²) in [5.74, 6) is -0.0486. The van der Waals surface area contributed by atoms with Gasteiger partial charge in [0.25, 0.3) is 5.91 Å². The molecule has 2 aromatic rings. The molecular weight excluding hydrogens is 302 g/mol. The fraction of sp³-hybridized carbons (Fsp3) is 0.316. The van der Waals surface area contributed by atoms with Crippen LogP contribution in [0.25, 0.3) is 0 Å². The number of piperazine rings is 1. The molecule has 0 saturated carbocycles. The van der Waals surface area contributed by atoms with E-state index in [2.05, 4.69) is 4.98 Å². The van der Waals surface area contributed by atoms with Gasteiger partial charge in [-0.2, -0.15) is 0 Å². The van der Waals surface area contributed by atoms with Crippen LogP contribution in [0.3, 0.4) is 0 Å². The maximum absolute atomic E-state index is 13.0. The molecule has 3 rings (SSSR count). The monoisotopic (exact) mass is 323 g/mol. The summed E-state index contributed by atoms with van der Waals surface area (Å²) in [5.41, 5.74) is 2.30. The van der Waals surface area contributed by atoms with Crippen LogP contribution in [0.2, 0.25) is 0 Å². The Balaban J connectivity index is 1.92. The summed E-state index contributed by atoms with van der Waals surface area (Å²) in [7, 11) is 0. The van der Waals surface area contributed by atoms with Crippen LogP contribution in [0, 0.1) is 6.92 Å². The molecule has 2 heterocycles. The Labute approximate surface area is 141 Å². The van der Waals surface area contributed by atoms with E-state index in [4.69, 9.17) is 0 Å². The highest BCUT2D eigenvalue weighted by molar-refractivity contribution is 5.93. The molecule has 2 amide bonds. The van der Waals surface area contributed by atoms with Crippen LogP contribution in [-0.4, -0.2) is 46.2 Å². The standard InChI is InChI=1S/C19H21N3O2/c1-14-7-6-10-17(20-14)19(24)22-12-11-21(15(2)23)13-18(22)16-8-4-3-5-9-16/h3-10,18H,11-13H2,1-2H3/t18-/m0/s1. The Kier molecular flexibility index (Phi) is 4.60. The van der Waals surface area contributed by atoms with Gasteiger partial charge in [-0.25, -0.2) is 4.98 Å². The Morgan fingerprint density at radius 3 is 2.46 bits per heavy atom. The van der Waals surface area contributed by atoms with E-state index in [1.165, 1.54) is 0 Å². The zero-order valence-electron chi connectivity index (χ0n) is 14.0. The Morgan fingerprint density at radius 2 is 1.79 bits per heavy atom. The number of hydrogen-bond acceptors (Lipinski definition) is 3. The van der Waals surface area contributed by atoms with Crippen molar-refractivity contribution in [1.82, 2.24) is 14.8 Å². The van der Waals surface area contributed by atoms with Gasteiger partial charge in [-0.1, -0.05) is 36.4 Å². The third kappa shape index (κ3) is 3.30. The fourth-order valence-corrected chi connectivity index (χ4v) is 3.08. The molecule has 1 fully saturated rings. The van der Waals surface area contributed by atoms with E-state index in [1.807, 2.05) is 54.3 Å². The largest absolute Gasteiger partial charge is 0.339 e. The first-order valence-electron chi connectivity index (χ1n) is 8.11. The number of rotatable bonds is 2. The maximum Gasteiger partial charge on any atom is 0.273 e. The molecule has 0 bridgehead atoms. The van der Waals surface area contributed by atoms with Gasteiger partial charge in [0.1, 0.15) is 5.69 Å². The van der Waals surface area contributed by atoms with Crippen molar-refractivity contribution in [3.63, 3.8) is 0 Å². The molecule has 1 aromatic carbocycles. The van der Waals surface area contributed by atoms with Crippen molar-refractivity contribution >= 4 is 11.8 Å². The summed E-state index contributed by atoms with van der Waals surface area (Å²) in [6, 6.07) is 15.2. The highest BCUT2D eigenvalue weighted by Gasteiger charge is 2.33. The topological polar surface area (TPSA) is 53.5 Å². The van der Waals surface area contributed by atoms with Crippen molar-refractivity contribution in [3.05, 3.63) is 65.5 Å².